The van der Waals surface area contributed by atoms with E-state index in [-0.39, 0.29) is 6.10 Å². The molecule has 1 aromatic carbocycles. The topological polar surface area (TPSA) is 88.5 Å². The number of fused-ring (bicyclic) bond motifs is 1. The Morgan fingerprint density at radius 3 is 2.65 bits per heavy atom. The Labute approximate surface area is 208 Å². The van der Waals surface area contributed by atoms with Gasteiger partial charge in [-0.15, -0.1) is 22.7 Å². The van der Waals surface area contributed by atoms with Gasteiger partial charge in [-0.25, -0.2) is 4.79 Å². The van der Waals surface area contributed by atoms with Crippen LogP contribution in [0.1, 0.15) is 51.6 Å². The molecule has 0 saturated heterocycles. The number of hydrogen-bond acceptors (Lipinski definition) is 7. The molecule has 3 aromatic heterocycles. The summed E-state index contributed by atoms with van der Waals surface area (Å²) >= 11 is 4.28. The van der Waals surface area contributed by atoms with Crippen LogP contribution in [0.25, 0.3) is 9.40 Å². The third-order valence-corrected chi connectivity index (χ3v) is 8.98. The lowest BCUT2D eigenvalue weighted by Crippen LogP contribution is -2.17. The number of ether oxygens (including phenoxy) is 1. The highest BCUT2D eigenvalue weighted by Gasteiger charge is 2.53. The van der Waals surface area contributed by atoms with E-state index in [0.29, 0.717) is 23.4 Å². The highest BCUT2D eigenvalue weighted by molar-refractivity contribution is 7.28. The van der Waals surface area contributed by atoms with E-state index in [1.807, 2.05) is 50.2 Å². The normalized spacial score (nSPS) is 14.8. The van der Waals surface area contributed by atoms with Gasteiger partial charge in [0.25, 0.3) is 0 Å². The van der Waals surface area contributed by atoms with E-state index in [4.69, 9.17) is 4.74 Å². The van der Waals surface area contributed by atoms with Crippen LogP contribution in [0.2, 0.25) is 0 Å². The van der Waals surface area contributed by atoms with Crippen molar-refractivity contribution in [3.8, 4) is 11.8 Å². The van der Waals surface area contributed by atoms with Crippen molar-refractivity contribution < 1.29 is 19.4 Å². The van der Waals surface area contributed by atoms with Gasteiger partial charge in [-0.2, -0.15) is 4.37 Å². The van der Waals surface area contributed by atoms with E-state index < -0.39 is 17.5 Å². The zero-order valence-electron chi connectivity index (χ0n) is 18.4. The van der Waals surface area contributed by atoms with E-state index >= 15 is 0 Å². The van der Waals surface area contributed by atoms with Gasteiger partial charge in [-0.05, 0) is 73.3 Å². The Hall–Kier alpha value is -3.19. The van der Waals surface area contributed by atoms with Crippen LogP contribution in [-0.4, -0.2) is 21.5 Å². The lowest BCUT2D eigenvalue weighted by Gasteiger charge is -2.15. The Morgan fingerprint density at radius 2 is 1.94 bits per heavy atom. The number of nitrogens with one attached hydrogen (secondary N) is 1. The van der Waals surface area contributed by atoms with Crippen molar-refractivity contribution in [3.63, 3.8) is 0 Å². The number of aromatic nitrogens is 1. The number of rotatable bonds is 5. The van der Waals surface area contributed by atoms with Crippen molar-refractivity contribution in [2.75, 3.05) is 5.32 Å². The number of aryl methyl sites for hydroxylation is 1. The Balaban J connectivity index is 1.27. The molecular formula is C25H20N2O4S3. The average Bonchev–Trinajstić information content (AvgIpc) is 3.12. The summed E-state index contributed by atoms with van der Waals surface area (Å²) in [6.07, 6.45) is 2.03. The largest absolute Gasteiger partial charge is 0.481 e. The van der Waals surface area contributed by atoms with Crippen LogP contribution in [-0.2, 0) is 14.9 Å². The van der Waals surface area contributed by atoms with Gasteiger partial charge >= 0.3 is 12.1 Å². The van der Waals surface area contributed by atoms with Gasteiger partial charge in [-0.1, -0.05) is 24.3 Å². The van der Waals surface area contributed by atoms with E-state index in [0.717, 1.165) is 30.3 Å². The maximum atomic E-state index is 12.4. The van der Waals surface area contributed by atoms with Gasteiger partial charge < -0.3 is 9.84 Å². The molecule has 1 aliphatic rings. The van der Waals surface area contributed by atoms with Crippen molar-refractivity contribution in [1.82, 2.24) is 4.37 Å². The Bertz CT molecular complexity index is 1430. The summed E-state index contributed by atoms with van der Waals surface area (Å²) in [4.78, 5) is 26.5. The molecular weight excluding hydrogens is 488 g/mol. The predicted molar refractivity (Wildman–Crippen MR) is 136 cm³/mol. The predicted octanol–water partition coefficient (Wildman–Crippen LogP) is 6.55. The number of carboxylic acid groups (broad SMARTS) is 1. The number of amides is 1. The van der Waals surface area contributed by atoms with Crippen molar-refractivity contribution in [2.45, 2.75) is 38.2 Å². The maximum Gasteiger partial charge on any atom is 0.412 e. The molecule has 6 nitrogen and oxygen atoms in total. The van der Waals surface area contributed by atoms with Crippen LogP contribution >= 0.6 is 34.2 Å². The summed E-state index contributed by atoms with van der Waals surface area (Å²) in [5.41, 5.74) is 1.85. The van der Waals surface area contributed by atoms with Gasteiger partial charge in [-0.3, -0.25) is 10.1 Å². The minimum Gasteiger partial charge on any atom is -0.481 e. The van der Waals surface area contributed by atoms with Gasteiger partial charge in [0.05, 0.1) is 16.8 Å². The monoisotopic (exact) mass is 508 g/mol. The zero-order chi connectivity index (χ0) is 23.9. The summed E-state index contributed by atoms with van der Waals surface area (Å²) in [6, 6.07) is 11.8. The fraction of sp³-hybridized carbons (Fsp3) is 0.240. The first-order valence-electron chi connectivity index (χ1n) is 10.6. The quantitative estimate of drug-likeness (QED) is 0.298. The van der Waals surface area contributed by atoms with Crippen LogP contribution in [0.5, 0.6) is 0 Å². The number of carbonyl (C=O) groups is 2. The second-order valence-electron chi connectivity index (χ2n) is 8.18. The number of benzene rings is 1. The molecule has 3 heterocycles. The van der Waals surface area contributed by atoms with Crippen LogP contribution in [0.3, 0.4) is 0 Å². The molecule has 0 spiro atoms. The molecule has 34 heavy (non-hydrogen) atoms. The lowest BCUT2D eigenvalue weighted by molar-refractivity contribution is -0.139. The molecule has 4 aromatic rings. The van der Waals surface area contributed by atoms with E-state index in [1.54, 1.807) is 6.20 Å². The molecule has 0 bridgehead atoms. The molecule has 9 heteroatoms. The fourth-order valence-electron chi connectivity index (χ4n) is 3.77. The van der Waals surface area contributed by atoms with E-state index in [2.05, 4.69) is 21.5 Å². The van der Waals surface area contributed by atoms with Crippen molar-refractivity contribution in [1.29, 1.82) is 0 Å². The SMILES string of the molecule is Cc1ccccc1C(C)OC(=O)Nc1cnsc1C#Cc1cc2sc(C3(C(=O)O)CC3)cc2s1. The summed E-state index contributed by atoms with van der Waals surface area (Å²) in [7, 11) is 0. The third-order valence-electron chi connectivity index (χ3n) is 5.85. The highest BCUT2D eigenvalue weighted by atomic mass is 32.1. The number of hydrogen-bond donors (Lipinski definition) is 2. The fourth-order valence-corrected chi connectivity index (χ4v) is 6.82. The average molecular weight is 509 g/mol. The van der Waals surface area contributed by atoms with E-state index in [1.165, 1.54) is 34.2 Å². The molecule has 1 aliphatic carbocycles. The first kappa shape index (κ1) is 22.6. The first-order chi connectivity index (χ1) is 16.4. The van der Waals surface area contributed by atoms with Gasteiger partial charge in [0.15, 0.2) is 0 Å². The first-order valence-corrected chi connectivity index (χ1v) is 13.0. The van der Waals surface area contributed by atoms with Crippen LogP contribution in [0, 0.1) is 18.8 Å². The van der Waals surface area contributed by atoms with Crippen LogP contribution < -0.4 is 5.32 Å². The molecule has 1 unspecified atom stereocenters. The third kappa shape index (κ3) is 4.32. The van der Waals surface area contributed by atoms with Crippen molar-refractivity contribution in [3.05, 3.63) is 68.4 Å². The summed E-state index contributed by atoms with van der Waals surface area (Å²) in [5, 5.41) is 12.3. The number of thiophene rings is 2. The number of carbonyl (C=O) groups excluding carboxylic acids is 1. The molecule has 5 rings (SSSR count). The Kier molecular flexibility index (Phi) is 5.90. The highest BCUT2D eigenvalue weighted by Crippen LogP contribution is 2.52. The summed E-state index contributed by atoms with van der Waals surface area (Å²) < 4.78 is 11.8. The molecule has 1 saturated carbocycles. The molecule has 1 amide bonds. The minimum atomic E-state index is -0.738. The molecule has 172 valence electrons. The molecule has 1 atom stereocenters. The molecule has 2 N–H and O–H groups in total. The zero-order valence-corrected chi connectivity index (χ0v) is 20.8. The van der Waals surface area contributed by atoms with Crippen molar-refractivity contribution in [2.24, 2.45) is 0 Å². The smallest absolute Gasteiger partial charge is 0.412 e. The van der Waals surface area contributed by atoms with Crippen LogP contribution in [0.15, 0.2) is 42.6 Å². The van der Waals surface area contributed by atoms with Gasteiger partial charge in [0, 0.05) is 14.3 Å². The minimum absolute atomic E-state index is 0.387. The Morgan fingerprint density at radius 1 is 1.18 bits per heavy atom. The second kappa shape index (κ2) is 8.87. The number of nitrogens with zero attached hydrogens (tertiary/aromatic N) is 1. The lowest BCUT2D eigenvalue weighted by atomic mass is 10.1. The summed E-state index contributed by atoms with van der Waals surface area (Å²) in [6.45, 7) is 3.82. The van der Waals surface area contributed by atoms with Gasteiger partial charge in [0.2, 0.25) is 0 Å². The molecule has 0 radical (unpaired) electrons. The van der Waals surface area contributed by atoms with Crippen LogP contribution in [0.4, 0.5) is 10.5 Å². The summed E-state index contributed by atoms with van der Waals surface area (Å²) in [5.74, 6) is 5.50. The maximum absolute atomic E-state index is 12.4. The molecule has 1 fully saturated rings. The van der Waals surface area contributed by atoms with Crippen molar-refractivity contribution >= 4 is 61.4 Å². The van der Waals surface area contributed by atoms with Gasteiger partial charge in [0.1, 0.15) is 16.4 Å². The number of carboxylic acids is 1. The second-order valence-corrected chi connectivity index (χ2v) is 11.2. The number of aliphatic carboxylic acids is 1. The standard InChI is InChI=1S/C25H20N2O4S3/c1-14-5-3-4-6-17(14)15(2)31-24(30)27-18-13-26-34-19(18)8-7-16-11-20-21(32-16)12-22(33-20)25(9-10-25)23(28)29/h3-6,11-13,15H,9-10H2,1-2H3,(H,27,30)(H,28,29). The number of anilines is 1. The van der Waals surface area contributed by atoms with E-state index in [9.17, 15) is 14.7 Å². The molecule has 0 aliphatic heterocycles.